The molecule has 0 unspecified atom stereocenters. The number of amides is 2. The van der Waals surface area contributed by atoms with Gasteiger partial charge in [0.25, 0.3) is 17.5 Å². The minimum atomic E-state index is -0.671. The monoisotopic (exact) mass is 491 g/mol. The number of nitro groups is 1. The van der Waals surface area contributed by atoms with Crippen LogP contribution in [-0.2, 0) is 0 Å². The zero-order chi connectivity index (χ0) is 25.9. The van der Waals surface area contributed by atoms with Gasteiger partial charge in [0.05, 0.1) is 22.2 Å². The molecule has 2 atom stereocenters. The molecule has 4 aromatic rings. The predicted molar refractivity (Wildman–Crippen MR) is 137 cm³/mol. The molecule has 8 heteroatoms. The summed E-state index contributed by atoms with van der Waals surface area (Å²) in [6.07, 6.45) is 0. The average molecular weight is 492 g/mol. The van der Waals surface area contributed by atoms with Gasteiger partial charge in [-0.25, -0.2) is 0 Å². The first-order chi connectivity index (χ1) is 18.0. The third-order valence-corrected chi connectivity index (χ3v) is 6.26. The van der Waals surface area contributed by atoms with Crippen molar-refractivity contribution in [2.45, 2.75) is 12.1 Å². The van der Waals surface area contributed by atoms with E-state index in [1.807, 2.05) is 36.4 Å². The van der Waals surface area contributed by atoms with Crippen molar-refractivity contribution < 1.29 is 19.3 Å². The van der Waals surface area contributed by atoms with Gasteiger partial charge in [-0.1, -0.05) is 72.8 Å². The lowest BCUT2D eigenvalue weighted by atomic mass is 10.0. The van der Waals surface area contributed by atoms with Crippen molar-refractivity contribution in [1.29, 1.82) is 0 Å². The lowest BCUT2D eigenvalue weighted by Gasteiger charge is -2.12. The maximum absolute atomic E-state index is 13.7. The molecular weight excluding hydrogens is 470 g/mol. The molecule has 0 radical (unpaired) electrons. The van der Waals surface area contributed by atoms with E-state index in [2.05, 4.69) is 5.32 Å². The summed E-state index contributed by atoms with van der Waals surface area (Å²) in [5.41, 5.74) is 1.96. The molecule has 2 amide bonds. The van der Waals surface area contributed by atoms with Gasteiger partial charge in [0.1, 0.15) is 6.04 Å². The standard InChI is InChI=1S/C29H21N3O5/c33-27(20-11-5-2-6-12-20)26-25(19-9-3-1-4-10-19)31(26)29(35)23-13-7-8-14-24(23)30-28(34)21-15-17-22(18-16-21)32(36)37/h1-18,25-26H,(H,30,34)/t25-,26+,31?/m1/s1. The molecule has 5 rings (SSSR count). The van der Waals surface area contributed by atoms with Crippen molar-refractivity contribution in [3.05, 3.63) is 142 Å². The Hall–Kier alpha value is -5.11. The van der Waals surface area contributed by atoms with E-state index in [4.69, 9.17) is 0 Å². The summed E-state index contributed by atoms with van der Waals surface area (Å²) < 4.78 is 0. The highest BCUT2D eigenvalue weighted by molar-refractivity contribution is 6.12. The molecule has 0 spiro atoms. The first-order valence-corrected chi connectivity index (χ1v) is 11.6. The number of benzene rings is 4. The number of carbonyl (C=O) groups is 3. The molecule has 0 saturated carbocycles. The van der Waals surface area contributed by atoms with Gasteiger partial charge in [0.2, 0.25) is 0 Å². The van der Waals surface area contributed by atoms with Crippen LogP contribution in [0.2, 0.25) is 0 Å². The SMILES string of the molecule is O=C(Nc1ccccc1C(=O)N1[C@H](C(=O)c2ccccc2)[C@H]1c1ccccc1)c1ccc([N+](=O)[O-])cc1. The van der Waals surface area contributed by atoms with Crippen LogP contribution in [0.5, 0.6) is 0 Å². The Morgan fingerprint density at radius 3 is 1.97 bits per heavy atom. The number of nitro benzene ring substituents is 1. The summed E-state index contributed by atoms with van der Waals surface area (Å²) in [5.74, 6) is -1.06. The van der Waals surface area contributed by atoms with Gasteiger partial charge in [0.15, 0.2) is 5.78 Å². The molecule has 1 aliphatic heterocycles. The Morgan fingerprint density at radius 1 is 0.730 bits per heavy atom. The van der Waals surface area contributed by atoms with Crippen LogP contribution in [-0.4, -0.2) is 33.5 Å². The molecule has 1 N–H and O–H groups in total. The van der Waals surface area contributed by atoms with Gasteiger partial charge in [0, 0.05) is 23.3 Å². The van der Waals surface area contributed by atoms with Crippen LogP contribution in [0.15, 0.2) is 109 Å². The number of ketones is 1. The van der Waals surface area contributed by atoms with Crippen LogP contribution in [0.25, 0.3) is 0 Å². The number of nitrogens with one attached hydrogen (secondary N) is 1. The Bertz CT molecular complexity index is 1490. The highest BCUT2D eigenvalue weighted by Crippen LogP contribution is 2.46. The molecule has 8 nitrogen and oxygen atoms in total. The number of hydrogen-bond acceptors (Lipinski definition) is 5. The summed E-state index contributed by atoms with van der Waals surface area (Å²) in [4.78, 5) is 51.8. The quantitative estimate of drug-likeness (QED) is 0.163. The number of anilines is 1. The smallest absolute Gasteiger partial charge is 0.269 e. The number of nitrogens with zero attached hydrogens (tertiary/aromatic N) is 2. The molecule has 0 aromatic heterocycles. The molecule has 1 saturated heterocycles. The fourth-order valence-corrected chi connectivity index (χ4v) is 4.37. The van der Waals surface area contributed by atoms with Gasteiger partial charge < -0.3 is 10.2 Å². The van der Waals surface area contributed by atoms with Crippen LogP contribution in [0.4, 0.5) is 11.4 Å². The fraction of sp³-hybridized carbons (Fsp3) is 0.0690. The van der Waals surface area contributed by atoms with E-state index in [0.29, 0.717) is 5.56 Å². The maximum atomic E-state index is 13.7. The third kappa shape index (κ3) is 4.72. The first-order valence-electron chi connectivity index (χ1n) is 11.6. The van der Waals surface area contributed by atoms with E-state index in [1.54, 1.807) is 48.5 Å². The summed E-state index contributed by atoms with van der Waals surface area (Å²) in [6, 6.07) is 28.8. The Balaban J connectivity index is 1.43. The van der Waals surface area contributed by atoms with Gasteiger partial charge in [-0.05, 0) is 29.8 Å². The first kappa shape index (κ1) is 23.6. The van der Waals surface area contributed by atoms with Crippen molar-refractivity contribution in [3.63, 3.8) is 0 Å². The van der Waals surface area contributed by atoms with Crippen LogP contribution in [0.1, 0.15) is 42.7 Å². The summed E-state index contributed by atoms with van der Waals surface area (Å²) in [5, 5.41) is 13.6. The van der Waals surface area contributed by atoms with E-state index in [1.165, 1.54) is 29.2 Å². The highest BCUT2D eigenvalue weighted by atomic mass is 16.6. The van der Waals surface area contributed by atoms with Crippen molar-refractivity contribution in [2.75, 3.05) is 5.32 Å². The zero-order valence-electron chi connectivity index (χ0n) is 19.5. The normalized spacial score (nSPS) is 16.1. The summed E-state index contributed by atoms with van der Waals surface area (Å²) in [7, 11) is 0. The second-order valence-corrected chi connectivity index (χ2v) is 8.55. The van der Waals surface area contributed by atoms with Crippen LogP contribution in [0, 0.1) is 10.1 Å². The third-order valence-electron chi connectivity index (χ3n) is 6.26. The van der Waals surface area contributed by atoms with Crippen molar-refractivity contribution in [2.24, 2.45) is 0 Å². The molecule has 37 heavy (non-hydrogen) atoms. The number of rotatable bonds is 7. The summed E-state index contributed by atoms with van der Waals surface area (Å²) >= 11 is 0. The lowest BCUT2D eigenvalue weighted by Crippen LogP contribution is -2.21. The minimum Gasteiger partial charge on any atom is -0.321 e. The van der Waals surface area contributed by atoms with Crippen molar-refractivity contribution in [3.8, 4) is 0 Å². The molecular formula is C29H21N3O5. The number of para-hydroxylation sites is 1. The van der Waals surface area contributed by atoms with Gasteiger partial charge in [-0.15, -0.1) is 0 Å². The molecule has 1 aliphatic rings. The zero-order valence-corrected chi connectivity index (χ0v) is 19.5. The predicted octanol–water partition coefficient (Wildman–Crippen LogP) is 5.30. The Labute approximate surface area is 212 Å². The van der Waals surface area contributed by atoms with E-state index in [9.17, 15) is 24.5 Å². The molecule has 1 heterocycles. The Kier molecular flexibility index (Phi) is 6.30. The van der Waals surface area contributed by atoms with Gasteiger partial charge >= 0.3 is 0 Å². The second kappa shape index (κ2) is 9.87. The minimum absolute atomic E-state index is 0.130. The van der Waals surface area contributed by atoms with Crippen LogP contribution in [0.3, 0.4) is 0 Å². The largest absolute Gasteiger partial charge is 0.321 e. The number of carbonyl (C=O) groups excluding carboxylic acids is 3. The number of non-ortho nitro benzene ring substituents is 1. The van der Waals surface area contributed by atoms with Gasteiger partial charge in [-0.2, -0.15) is 0 Å². The molecule has 4 aromatic carbocycles. The molecule has 1 fully saturated rings. The second-order valence-electron chi connectivity index (χ2n) is 8.55. The molecule has 182 valence electrons. The molecule has 0 aliphatic carbocycles. The maximum Gasteiger partial charge on any atom is 0.269 e. The number of hydrogen-bond donors (Lipinski definition) is 1. The van der Waals surface area contributed by atoms with E-state index in [-0.39, 0.29) is 34.2 Å². The topological polar surface area (TPSA) is 109 Å². The van der Waals surface area contributed by atoms with Crippen LogP contribution >= 0.6 is 0 Å². The van der Waals surface area contributed by atoms with E-state index >= 15 is 0 Å². The fourth-order valence-electron chi connectivity index (χ4n) is 4.37. The van der Waals surface area contributed by atoms with Crippen molar-refractivity contribution in [1.82, 2.24) is 4.90 Å². The van der Waals surface area contributed by atoms with E-state index in [0.717, 1.165) is 5.56 Å². The number of Topliss-reactive ketones (excluding diaryl/α,β-unsaturated/α-hetero) is 1. The Morgan fingerprint density at radius 2 is 1.32 bits per heavy atom. The van der Waals surface area contributed by atoms with Crippen LogP contribution < -0.4 is 5.32 Å². The van der Waals surface area contributed by atoms with Gasteiger partial charge in [-0.3, -0.25) is 24.5 Å². The van der Waals surface area contributed by atoms with E-state index < -0.39 is 22.9 Å². The summed E-state index contributed by atoms with van der Waals surface area (Å²) in [6.45, 7) is 0. The average Bonchev–Trinajstić information content (AvgIpc) is 3.69. The highest BCUT2D eigenvalue weighted by Gasteiger charge is 2.56. The van der Waals surface area contributed by atoms with Crippen molar-refractivity contribution >= 4 is 29.0 Å². The lowest BCUT2D eigenvalue weighted by molar-refractivity contribution is -0.384. The molecule has 0 bridgehead atoms.